The molecule has 1 saturated heterocycles. The average molecular weight is 266 g/mol. The van der Waals surface area contributed by atoms with Gasteiger partial charge in [0.1, 0.15) is 0 Å². The van der Waals surface area contributed by atoms with E-state index in [0.717, 1.165) is 30.6 Å². The van der Waals surface area contributed by atoms with Gasteiger partial charge in [0.2, 0.25) is 5.95 Å². The summed E-state index contributed by atoms with van der Waals surface area (Å²) in [7, 11) is 1.72. The first kappa shape index (κ1) is 14.3. The summed E-state index contributed by atoms with van der Waals surface area (Å²) in [4.78, 5) is 7.07. The van der Waals surface area contributed by atoms with Gasteiger partial charge in [-0.15, -0.1) is 0 Å². The highest BCUT2D eigenvalue weighted by atomic mass is 16.5. The van der Waals surface area contributed by atoms with Gasteiger partial charge in [0.05, 0.1) is 12.3 Å². The van der Waals surface area contributed by atoms with Crippen molar-refractivity contribution in [3.8, 4) is 0 Å². The Morgan fingerprint density at radius 2 is 2.37 bits per heavy atom. The van der Waals surface area contributed by atoms with Crippen molar-refractivity contribution in [1.29, 1.82) is 0 Å². The second-order valence-corrected chi connectivity index (χ2v) is 5.33. The second kappa shape index (κ2) is 6.91. The topological polar surface area (TPSA) is 42.3 Å². The van der Waals surface area contributed by atoms with Crippen molar-refractivity contribution in [2.45, 2.75) is 26.8 Å². The van der Waals surface area contributed by atoms with Crippen LogP contribution in [-0.4, -0.2) is 54.3 Å². The van der Waals surface area contributed by atoms with Crippen LogP contribution in [0.15, 0.2) is 6.20 Å². The van der Waals surface area contributed by atoms with E-state index in [2.05, 4.69) is 32.9 Å². The number of aromatic nitrogens is 2. The summed E-state index contributed by atoms with van der Waals surface area (Å²) < 4.78 is 7.32. The average Bonchev–Trinajstić information content (AvgIpc) is 2.97. The Labute approximate surface area is 116 Å². The van der Waals surface area contributed by atoms with E-state index in [1.54, 1.807) is 7.11 Å². The summed E-state index contributed by atoms with van der Waals surface area (Å²) >= 11 is 0. The fraction of sp³-hybridized carbons (Fsp3) is 0.786. The Kier molecular flexibility index (Phi) is 5.22. The van der Waals surface area contributed by atoms with Crippen molar-refractivity contribution in [1.82, 2.24) is 14.5 Å². The van der Waals surface area contributed by atoms with Crippen LogP contribution in [0, 0.1) is 12.8 Å². The fourth-order valence-corrected chi connectivity index (χ4v) is 2.72. The molecule has 1 aliphatic rings. The third kappa shape index (κ3) is 3.94. The fourth-order valence-electron chi connectivity index (χ4n) is 2.72. The van der Waals surface area contributed by atoms with Crippen molar-refractivity contribution in [3.05, 3.63) is 11.9 Å². The van der Waals surface area contributed by atoms with E-state index in [-0.39, 0.29) is 0 Å². The van der Waals surface area contributed by atoms with Crippen molar-refractivity contribution >= 4 is 5.95 Å². The monoisotopic (exact) mass is 266 g/mol. The summed E-state index contributed by atoms with van der Waals surface area (Å²) in [5.74, 6) is 1.72. The van der Waals surface area contributed by atoms with Gasteiger partial charge in [-0.1, -0.05) is 6.92 Å². The van der Waals surface area contributed by atoms with Crippen LogP contribution in [0.2, 0.25) is 0 Å². The smallest absolute Gasteiger partial charge is 0.203 e. The number of imidazole rings is 1. The number of hydrogen-bond acceptors (Lipinski definition) is 4. The number of nitrogens with zero attached hydrogens (tertiary/aromatic N) is 3. The number of nitrogens with one attached hydrogen (secondary N) is 1. The van der Waals surface area contributed by atoms with Gasteiger partial charge in [-0.05, 0) is 32.4 Å². The van der Waals surface area contributed by atoms with Crippen LogP contribution in [0.4, 0.5) is 5.95 Å². The molecule has 0 amide bonds. The summed E-state index contributed by atoms with van der Waals surface area (Å²) in [6, 6.07) is 0. The molecule has 0 spiro atoms. The molecule has 1 aromatic heterocycles. The molecule has 0 saturated carbocycles. The van der Waals surface area contributed by atoms with Crippen LogP contribution >= 0.6 is 0 Å². The van der Waals surface area contributed by atoms with Crippen LogP contribution in [0.25, 0.3) is 0 Å². The summed E-state index contributed by atoms with van der Waals surface area (Å²) in [5.41, 5.74) is 1.07. The molecule has 2 rings (SSSR count). The van der Waals surface area contributed by atoms with E-state index in [0.29, 0.717) is 6.61 Å². The Balaban J connectivity index is 1.92. The molecule has 2 heterocycles. The van der Waals surface area contributed by atoms with Crippen molar-refractivity contribution in [2.24, 2.45) is 5.92 Å². The Hall–Kier alpha value is -1.07. The number of ether oxygens (including phenoxy) is 1. The normalized spacial score (nSPS) is 20.1. The molecule has 108 valence electrons. The molecule has 0 aromatic carbocycles. The van der Waals surface area contributed by atoms with E-state index in [9.17, 15) is 0 Å². The van der Waals surface area contributed by atoms with Gasteiger partial charge in [-0.25, -0.2) is 4.98 Å². The van der Waals surface area contributed by atoms with Gasteiger partial charge in [0.15, 0.2) is 0 Å². The molecule has 1 fully saturated rings. The molecule has 0 radical (unpaired) electrons. The molecule has 0 aliphatic carbocycles. The highest BCUT2D eigenvalue weighted by Gasteiger charge is 2.22. The lowest BCUT2D eigenvalue weighted by Crippen LogP contribution is -2.22. The zero-order valence-corrected chi connectivity index (χ0v) is 12.4. The lowest BCUT2D eigenvalue weighted by atomic mass is 10.1. The van der Waals surface area contributed by atoms with Crippen LogP contribution < -0.4 is 5.32 Å². The van der Waals surface area contributed by atoms with Crippen molar-refractivity contribution in [3.63, 3.8) is 0 Å². The molecule has 0 bridgehead atoms. The third-order valence-electron chi connectivity index (χ3n) is 3.76. The maximum atomic E-state index is 5.07. The molecule has 5 nitrogen and oxygen atoms in total. The predicted molar refractivity (Wildman–Crippen MR) is 77.6 cm³/mol. The van der Waals surface area contributed by atoms with Crippen LogP contribution in [0.1, 0.15) is 19.0 Å². The SMILES string of the molecule is CCN1CCC(Cn2cc(C)nc2NCCOC)C1. The first-order valence-electron chi connectivity index (χ1n) is 7.21. The molecule has 5 heteroatoms. The highest BCUT2D eigenvalue weighted by molar-refractivity contribution is 5.28. The van der Waals surface area contributed by atoms with Gasteiger partial charge in [0, 0.05) is 32.9 Å². The molecule has 19 heavy (non-hydrogen) atoms. The number of anilines is 1. The Morgan fingerprint density at radius 3 is 3.05 bits per heavy atom. The highest BCUT2D eigenvalue weighted by Crippen LogP contribution is 2.20. The van der Waals surface area contributed by atoms with Gasteiger partial charge in [-0.2, -0.15) is 0 Å². The summed E-state index contributed by atoms with van der Waals surface area (Å²) in [5, 5.41) is 3.35. The second-order valence-electron chi connectivity index (χ2n) is 5.33. The molecule has 1 atom stereocenters. The zero-order valence-electron chi connectivity index (χ0n) is 12.4. The number of rotatable bonds is 7. The standard InChI is InChI=1S/C14H26N4O/c1-4-17-7-5-13(10-17)11-18-9-12(2)16-14(18)15-6-8-19-3/h9,13H,4-8,10-11H2,1-3H3,(H,15,16). The van der Waals surface area contributed by atoms with E-state index < -0.39 is 0 Å². The van der Waals surface area contributed by atoms with Gasteiger partial charge in [0.25, 0.3) is 0 Å². The number of hydrogen-bond donors (Lipinski definition) is 1. The summed E-state index contributed by atoms with van der Waals surface area (Å²) in [6.07, 6.45) is 3.44. The quantitative estimate of drug-likeness (QED) is 0.761. The molecule has 1 unspecified atom stereocenters. The molecule has 1 aromatic rings. The van der Waals surface area contributed by atoms with Crippen molar-refractivity contribution in [2.75, 3.05) is 45.2 Å². The minimum Gasteiger partial charge on any atom is -0.383 e. The van der Waals surface area contributed by atoms with Crippen molar-refractivity contribution < 1.29 is 4.74 Å². The van der Waals surface area contributed by atoms with E-state index >= 15 is 0 Å². The first-order valence-corrected chi connectivity index (χ1v) is 7.21. The summed E-state index contributed by atoms with van der Waals surface area (Å²) in [6.45, 7) is 10.5. The molecular formula is C14H26N4O. The lowest BCUT2D eigenvalue weighted by Gasteiger charge is -2.15. The van der Waals surface area contributed by atoms with Gasteiger partial charge in [-0.3, -0.25) is 0 Å². The molecule has 1 aliphatic heterocycles. The van der Waals surface area contributed by atoms with Gasteiger partial charge < -0.3 is 19.5 Å². The number of aryl methyl sites for hydroxylation is 1. The molecular weight excluding hydrogens is 240 g/mol. The van der Waals surface area contributed by atoms with E-state index in [4.69, 9.17) is 4.74 Å². The van der Waals surface area contributed by atoms with Gasteiger partial charge >= 0.3 is 0 Å². The lowest BCUT2D eigenvalue weighted by molar-refractivity contribution is 0.210. The Morgan fingerprint density at radius 1 is 1.53 bits per heavy atom. The number of methoxy groups -OCH3 is 1. The van der Waals surface area contributed by atoms with E-state index in [1.165, 1.54) is 26.1 Å². The maximum Gasteiger partial charge on any atom is 0.203 e. The van der Waals surface area contributed by atoms with Crippen LogP contribution in [0.5, 0.6) is 0 Å². The minimum atomic E-state index is 0.707. The number of likely N-dealkylation sites (tertiary alicyclic amines) is 1. The third-order valence-corrected chi connectivity index (χ3v) is 3.76. The zero-order chi connectivity index (χ0) is 13.7. The maximum absolute atomic E-state index is 5.07. The Bertz CT molecular complexity index is 391. The van der Waals surface area contributed by atoms with Crippen LogP contribution in [-0.2, 0) is 11.3 Å². The predicted octanol–water partition coefficient (Wildman–Crippen LogP) is 1.59. The van der Waals surface area contributed by atoms with E-state index in [1.807, 2.05) is 6.92 Å². The largest absolute Gasteiger partial charge is 0.383 e. The minimum absolute atomic E-state index is 0.707. The van der Waals surface area contributed by atoms with Crippen LogP contribution in [0.3, 0.4) is 0 Å². The first-order chi connectivity index (χ1) is 9.22. The molecule has 1 N–H and O–H groups in total.